The molecule has 5 fully saturated rings. The molecule has 1 heterocycles. The highest BCUT2D eigenvalue weighted by atomic mass is 16.5. The van der Waals surface area contributed by atoms with Crippen molar-refractivity contribution in [1.29, 1.82) is 0 Å². The molecule has 2 N–H and O–H groups in total. The number of ether oxygens (including phenoxy) is 1. The molecule has 0 saturated heterocycles. The van der Waals surface area contributed by atoms with Crippen molar-refractivity contribution in [1.82, 2.24) is 10.3 Å². The molecular formula is C46H64N2O6. The third kappa shape index (κ3) is 6.20. The molecule has 5 saturated carbocycles. The molecule has 0 aliphatic heterocycles. The molecule has 8 heteroatoms. The molecule has 8 atom stereocenters. The number of hydrogen-bond acceptors (Lipinski definition) is 6. The van der Waals surface area contributed by atoms with Crippen molar-refractivity contribution < 1.29 is 29.0 Å². The number of nitrogens with zero attached hydrogens (tertiary/aromatic N) is 1. The van der Waals surface area contributed by atoms with Crippen molar-refractivity contribution in [2.75, 3.05) is 0 Å². The number of fused-ring (bicyclic) bond motifs is 7. The van der Waals surface area contributed by atoms with Gasteiger partial charge < -0.3 is 15.2 Å². The van der Waals surface area contributed by atoms with E-state index in [0.717, 1.165) is 81.0 Å². The van der Waals surface area contributed by atoms with Crippen molar-refractivity contribution in [2.45, 2.75) is 151 Å². The van der Waals surface area contributed by atoms with Gasteiger partial charge in [-0.15, -0.1) is 0 Å². The number of aryl methyl sites for hydroxylation is 1. The first kappa shape index (κ1) is 39.0. The Bertz CT molecular complexity index is 1780. The first-order chi connectivity index (χ1) is 25.2. The van der Waals surface area contributed by atoms with E-state index in [4.69, 9.17) is 4.74 Å². The summed E-state index contributed by atoms with van der Waals surface area (Å²) >= 11 is 0. The fourth-order valence-corrected chi connectivity index (χ4v) is 13.2. The number of hydrogen-bond donors (Lipinski definition) is 2. The van der Waals surface area contributed by atoms with Gasteiger partial charge in [0.15, 0.2) is 5.78 Å². The Morgan fingerprint density at radius 2 is 1.67 bits per heavy atom. The zero-order valence-corrected chi connectivity index (χ0v) is 34.3. The van der Waals surface area contributed by atoms with Crippen LogP contribution in [0.1, 0.15) is 144 Å². The third-order valence-corrected chi connectivity index (χ3v) is 16.1. The SMILES string of the molecule is Cc1ccc(C2(NC(=O)/C=C/C34CCC5C(CCC6C5(C)CCC5C(C)(C)C(OC(=O)CC(C)(C)C(=O)O)CCC56C)C3=C(C(C)C)C(=O)C4)CC2)nc1. The van der Waals surface area contributed by atoms with Crippen LogP contribution in [-0.4, -0.2) is 39.8 Å². The number of rotatable bonds is 9. The van der Waals surface area contributed by atoms with Crippen LogP contribution in [0.4, 0.5) is 0 Å². The second-order valence-electron chi connectivity index (χ2n) is 20.6. The van der Waals surface area contributed by atoms with E-state index >= 15 is 0 Å². The molecule has 294 valence electrons. The topological polar surface area (TPSA) is 123 Å². The van der Waals surface area contributed by atoms with Crippen LogP contribution in [-0.2, 0) is 29.5 Å². The van der Waals surface area contributed by atoms with E-state index in [1.54, 1.807) is 19.9 Å². The van der Waals surface area contributed by atoms with Gasteiger partial charge in [0.1, 0.15) is 6.10 Å². The van der Waals surface area contributed by atoms with Crippen molar-refractivity contribution in [3.8, 4) is 0 Å². The second kappa shape index (κ2) is 13.1. The van der Waals surface area contributed by atoms with Crippen LogP contribution in [0.5, 0.6) is 0 Å². The van der Waals surface area contributed by atoms with E-state index in [0.29, 0.717) is 30.1 Å². The molecule has 1 aromatic rings. The first-order valence-corrected chi connectivity index (χ1v) is 20.8. The third-order valence-electron chi connectivity index (χ3n) is 16.1. The number of nitrogens with one attached hydrogen (secondary N) is 1. The molecule has 0 bridgehead atoms. The van der Waals surface area contributed by atoms with E-state index in [1.165, 1.54) is 5.57 Å². The minimum Gasteiger partial charge on any atom is -0.481 e. The normalized spacial score (nSPS) is 36.6. The summed E-state index contributed by atoms with van der Waals surface area (Å²) in [5, 5.41) is 12.9. The Morgan fingerprint density at radius 3 is 2.30 bits per heavy atom. The summed E-state index contributed by atoms with van der Waals surface area (Å²) in [6.45, 7) is 19.1. The summed E-state index contributed by atoms with van der Waals surface area (Å²) < 4.78 is 6.15. The highest BCUT2D eigenvalue weighted by Gasteiger charge is 2.66. The van der Waals surface area contributed by atoms with E-state index in [1.807, 2.05) is 19.2 Å². The van der Waals surface area contributed by atoms with Crippen LogP contribution in [0.3, 0.4) is 0 Å². The maximum atomic E-state index is 14.0. The van der Waals surface area contributed by atoms with Crippen LogP contribution in [0.25, 0.3) is 0 Å². The van der Waals surface area contributed by atoms with Crippen LogP contribution in [0, 0.1) is 63.6 Å². The van der Waals surface area contributed by atoms with E-state index in [2.05, 4.69) is 64.0 Å². The Labute approximate surface area is 322 Å². The predicted octanol–water partition coefficient (Wildman–Crippen LogP) is 9.05. The van der Waals surface area contributed by atoms with E-state index < -0.39 is 28.3 Å². The molecule has 0 radical (unpaired) electrons. The number of amides is 1. The van der Waals surface area contributed by atoms with E-state index in [-0.39, 0.29) is 46.4 Å². The van der Waals surface area contributed by atoms with Crippen molar-refractivity contribution >= 4 is 23.6 Å². The number of ketones is 1. The molecule has 8 nitrogen and oxygen atoms in total. The van der Waals surface area contributed by atoms with Crippen LogP contribution >= 0.6 is 0 Å². The Kier molecular flexibility index (Phi) is 9.49. The average molecular weight is 741 g/mol. The quantitative estimate of drug-likeness (QED) is 0.191. The number of allylic oxidation sites excluding steroid dienone is 3. The maximum absolute atomic E-state index is 14.0. The number of pyridine rings is 1. The zero-order chi connectivity index (χ0) is 39.2. The van der Waals surface area contributed by atoms with Gasteiger partial charge in [-0.2, -0.15) is 0 Å². The average Bonchev–Trinajstić information content (AvgIpc) is 3.78. The molecule has 8 unspecified atom stereocenters. The number of aromatic nitrogens is 1. The first-order valence-electron chi connectivity index (χ1n) is 20.8. The van der Waals surface area contributed by atoms with Gasteiger partial charge in [0, 0.05) is 23.4 Å². The van der Waals surface area contributed by atoms with Gasteiger partial charge in [-0.25, -0.2) is 0 Å². The van der Waals surface area contributed by atoms with Crippen molar-refractivity contribution in [2.24, 2.45) is 56.7 Å². The second-order valence-corrected chi connectivity index (χ2v) is 20.6. The molecule has 1 aromatic heterocycles. The lowest BCUT2D eigenvalue weighted by molar-refractivity contribution is -0.213. The van der Waals surface area contributed by atoms with E-state index in [9.17, 15) is 24.3 Å². The van der Waals surface area contributed by atoms with Gasteiger partial charge in [0.25, 0.3) is 0 Å². The van der Waals surface area contributed by atoms with Crippen LogP contribution < -0.4 is 5.32 Å². The lowest BCUT2D eigenvalue weighted by atomic mass is 9.36. The number of carbonyl (C=O) groups is 4. The number of aliphatic carboxylic acids is 1. The minimum absolute atomic E-state index is 0.0864. The Morgan fingerprint density at radius 1 is 0.963 bits per heavy atom. The number of carbonyl (C=O) groups excluding carboxylic acids is 3. The Balaban J connectivity index is 1.12. The molecule has 0 aromatic carbocycles. The zero-order valence-electron chi connectivity index (χ0n) is 34.3. The van der Waals surface area contributed by atoms with Gasteiger partial charge in [0.05, 0.1) is 23.1 Å². The van der Waals surface area contributed by atoms with Gasteiger partial charge in [-0.05, 0) is 154 Å². The molecule has 6 aliphatic rings. The van der Waals surface area contributed by atoms with Gasteiger partial charge in [-0.1, -0.05) is 53.7 Å². The fraction of sp³-hybridized carbons (Fsp3) is 0.717. The molecule has 1 amide bonds. The summed E-state index contributed by atoms with van der Waals surface area (Å²) in [5.74, 6) is 0.580. The number of Topliss-reactive ketones (excluding diaryl/α,β-unsaturated/α-hetero) is 1. The minimum atomic E-state index is -1.16. The monoisotopic (exact) mass is 740 g/mol. The highest BCUT2D eigenvalue weighted by Crippen LogP contribution is 2.73. The summed E-state index contributed by atoms with van der Waals surface area (Å²) in [6.07, 6.45) is 15.6. The standard InChI is InChI=1S/C46H64N2O6/c1-27(2)38-31(49)24-45(21-17-36(50)48-46(22-23-46)34-13-10-28(3)26-47-34)20-14-30-29(39(38)45)11-12-33-43(30,8)18-15-32-42(6,7)35(16-19-44(32,33)9)54-37(51)25-41(4,5)40(52)53/h10,13,17,21,26-27,29-30,32-33,35H,11-12,14-16,18-20,22-25H2,1-9H3,(H,48,50)(H,52,53)/b21-17+. The molecular weight excluding hydrogens is 677 g/mol. The molecule has 54 heavy (non-hydrogen) atoms. The van der Waals surface area contributed by atoms with Gasteiger partial charge in [0.2, 0.25) is 5.91 Å². The summed E-state index contributed by atoms with van der Waals surface area (Å²) in [6, 6.07) is 4.07. The largest absolute Gasteiger partial charge is 0.481 e. The van der Waals surface area contributed by atoms with Crippen LogP contribution in [0.15, 0.2) is 41.6 Å². The van der Waals surface area contributed by atoms with Crippen molar-refractivity contribution in [3.63, 3.8) is 0 Å². The fourth-order valence-electron chi connectivity index (χ4n) is 13.2. The highest BCUT2D eigenvalue weighted by molar-refractivity contribution is 6.01. The number of carboxylic acid groups (broad SMARTS) is 1. The van der Waals surface area contributed by atoms with Crippen LogP contribution in [0.2, 0.25) is 0 Å². The van der Waals surface area contributed by atoms with Gasteiger partial charge >= 0.3 is 11.9 Å². The summed E-state index contributed by atoms with van der Waals surface area (Å²) in [7, 11) is 0. The number of esters is 1. The summed E-state index contributed by atoms with van der Waals surface area (Å²) in [5.41, 5.74) is 2.38. The Hall–Kier alpha value is -3.29. The van der Waals surface area contributed by atoms with Crippen molar-refractivity contribution in [3.05, 3.63) is 52.9 Å². The smallest absolute Gasteiger partial charge is 0.309 e. The predicted molar refractivity (Wildman–Crippen MR) is 208 cm³/mol. The number of carboxylic acids is 1. The lowest BCUT2D eigenvalue weighted by Gasteiger charge is -2.68. The lowest BCUT2D eigenvalue weighted by Crippen LogP contribution is -2.63. The maximum Gasteiger partial charge on any atom is 0.309 e. The molecule has 7 rings (SSSR count). The summed E-state index contributed by atoms with van der Waals surface area (Å²) in [4.78, 5) is 57.0. The van der Waals surface area contributed by atoms with Gasteiger partial charge in [-0.3, -0.25) is 24.2 Å². The molecule has 6 aliphatic carbocycles. The molecule has 0 spiro atoms.